The van der Waals surface area contributed by atoms with Gasteiger partial charge >= 0.3 is 0 Å². The number of hydrogen-bond donors (Lipinski definition) is 0. The van der Waals surface area contributed by atoms with Gasteiger partial charge in [0.25, 0.3) is 0 Å². The largest absolute Gasteiger partial charge is 0.456 e. The van der Waals surface area contributed by atoms with Crippen LogP contribution in [0.3, 0.4) is 0 Å². The number of fused-ring (bicyclic) bond motifs is 10. The summed E-state index contributed by atoms with van der Waals surface area (Å²) in [6, 6.07) is 68.0. The van der Waals surface area contributed by atoms with E-state index in [0.717, 1.165) is 77.1 Å². The first kappa shape index (κ1) is 32.4. The normalized spacial score (nSPS) is 11.8. The number of benzene rings is 9. The maximum atomic E-state index is 6.50. The van der Waals surface area contributed by atoms with Gasteiger partial charge in [0.1, 0.15) is 11.2 Å². The molecule has 5 heteroatoms. The van der Waals surface area contributed by atoms with Gasteiger partial charge in [-0.05, 0) is 74.1 Å². The van der Waals surface area contributed by atoms with Crippen LogP contribution < -0.4 is 0 Å². The van der Waals surface area contributed by atoms with Gasteiger partial charge in [0.15, 0.2) is 11.6 Å². The molecule has 3 aromatic heterocycles. The third-order valence-electron chi connectivity index (χ3n) is 11.5. The number of aromatic nitrogens is 4. The minimum atomic E-state index is 0.563. The fourth-order valence-electron chi connectivity index (χ4n) is 8.75. The standard InChI is InChI=1S/C53H32N4O/c1-3-13-33(14-4-1)34-23-25-37(26-24-34)52-54-51(36-16-5-2-6-17-36)55-53(56-52)57-45-29-28-38(31-44(45)49-39-18-8-7-15-35(39)27-30-46(49)57)43-32-48-50(41-20-10-9-19-40(41)43)42-21-11-12-22-47(42)58-48/h1-32H. The van der Waals surface area contributed by atoms with Crippen molar-refractivity contribution in [1.82, 2.24) is 19.5 Å². The summed E-state index contributed by atoms with van der Waals surface area (Å²) in [5, 5.41) is 9.25. The summed E-state index contributed by atoms with van der Waals surface area (Å²) >= 11 is 0. The minimum absolute atomic E-state index is 0.563. The molecule has 0 radical (unpaired) electrons. The molecule has 0 aliphatic rings. The van der Waals surface area contributed by atoms with Gasteiger partial charge in [-0.25, -0.2) is 4.98 Å². The van der Waals surface area contributed by atoms with Crippen LogP contribution in [0.15, 0.2) is 199 Å². The highest BCUT2D eigenvalue weighted by atomic mass is 16.3. The maximum Gasteiger partial charge on any atom is 0.238 e. The van der Waals surface area contributed by atoms with E-state index in [2.05, 4.69) is 162 Å². The molecule has 12 aromatic rings. The highest BCUT2D eigenvalue weighted by Crippen LogP contribution is 2.43. The third kappa shape index (κ3) is 5.07. The Labute approximate surface area is 333 Å². The monoisotopic (exact) mass is 740 g/mol. The first-order chi connectivity index (χ1) is 28.7. The van der Waals surface area contributed by atoms with Crippen LogP contribution in [0, 0.1) is 0 Å². The molecule has 5 nitrogen and oxygen atoms in total. The van der Waals surface area contributed by atoms with Gasteiger partial charge in [0, 0.05) is 32.7 Å². The second-order valence-corrected chi connectivity index (χ2v) is 14.8. The Kier molecular flexibility index (Phi) is 7.16. The summed E-state index contributed by atoms with van der Waals surface area (Å²) < 4.78 is 8.70. The van der Waals surface area contributed by atoms with Crippen LogP contribution in [-0.2, 0) is 0 Å². The van der Waals surface area contributed by atoms with Gasteiger partial charge in [-0.3, -0.25) is 4.57 Å². The van der Waals surface area contributed by atoms with E-state index in [1.54, 1.807) is 0 Å². The van der Waals surface area contributed by atoms with E-state index in [1.807, 2.05) is 36.4 Å². The van der Waals surface area contributed by atoms with E-state index >= 15 is 0 Å². The van der Waals surface area contributed by atoms with Gasteiger partial charge in [-0.15, -0.1) is 0 Å². The lowest BCUT2D eigenvalue weighted by atomic mass is 9.94. The van der Waals surface area contributed by atoms with E-state index in [0.29, 0.717) is 17.6 Å². The fourth-order valence-corrected chi connectivity index (χ4v) is 8.75. The molecule has 0 amide bonds. The van der Waals surface area contributed by atoms with E-state index < -0.39 is 0 Å². The Morgan fingerprint density at radius 2 is 0.914 bits per heavy atom. The second-order valence-electron chi connectivity index (χ2n) is 14.8. The molecule has 0 atom stereocenters. The van der Waals surface area contributed by atoms with Crippen molar-refractivity contribution >= 4 is 65.3 Å². The Morgan fingerprint density at radius 1 is 0.345 bits per heavy atom. The molecule has 0 saturated carbocycles. The van der Waals surface area contributed by atoms with Crippen molar-refractivity contribution in [2.24, 2.45) is 0 Å². The highest BCUT2D eigenvalue weighted by Gasteiger charge is 2.21. The molecule has 58 heavy (non-hydrogen) atoms. The van der Waals surface area contributed by atoms with Crippen molar-refractivity contribution in [3.63, 3.8) is 0 Å². The first-order valence-corrected chi connectivity index (χ1v) is 19.5. The number of para-hydroxylation sites is 1. The van der Waals surface area contributed by atoms with Crippen LogP contribution in [0.4, 0.5) is 0 Å². The van der Waals surface area contributed by atoms with E-state index in [9.17, 15) is 0 Å². The number of rotatable bonds is 5. The van der Waals surface area contributed by atoms with Gasteiger partial charge in [-0.2, -0.15) is 9.97 Å². The van der Waals surface area contributed by atoms with Crippen molar-refractivity contribution < 1.29 is 4.42 Å². The van der Waals surface area contributed by atoms with Gasteiger partial charge in [-0.1, -0.05) is 164 Å². The SMILES string of the molecule is c1ccc(-c2ccc(-c3nc(-c4ccccc4)nc(-n4c5ccc(-c6cc7oc8ccccc8c7c7ccccc67)cc5c5c6ccccc6ccc54)n3)cc2)cc1. The van der Waals surface area contributed by atoms with Crippen molar-refractivity contribution in [1.29, 1.82) is 0 Å². The number of nitrogens with zero attached hydrogens (tertiary/aromatic N) is 4. The van der Waals surface area contributed by atoms with Crippen LogP contribution in [0.25, 0.3) is 116 Å². The zero-order valence-electron chi connectivity index (χ0n) is 31.2. The number of furan rings is 1. The first-order valence-electron chi connectivity index (χ1n) is 19.5. The summed E-state index contributed by atoms with van der Waals surface area (Å²) in [7, 11) is 0. The van der Waals surface area contributed by atoms with E-state index in [-0.39, 0.29) is 0 Å². The molecular weight excluding hydrogens is 709 g/mol. The number of hydrogen-bond acceptors (Lipinski definition) is 4. The highest BCUT2D eigenvalue weighted by molar-refractivity contribution is 6.24. The predicted molar refractivity (Wildman–Crippen MR) is 238 cm³/mol. The van der Waals surface area contributed by atoms with Crippen molar-refractivity contribution in [2.45, 2.75) is 0 Å². The van der Waals surface area contributed by atoms with Gasteiger partial charge in [0.2, 0.25) is 5.95 Å². The summed E-state index contributed by atoms with van der Waals surface area (Å²) in [5.41, 5.74) is 10.2. The molecule has 270 valence electrons. The predicted octanol–water partition coefficient (Wildman–Crippen LogP) is 13.8. The third-order valence-corrected chi connectivity index (χ3v) is 11.5. The van der Waals surface area contributed by atoms with Crippen molar-refractivity contribution in [3.05, 3.63) is 194 Å². The molecule has 12 rings (SSSR count). The average Bonchev–Trinajstić information content (AvgIpc) is 3.85. The van der Waals surface area contributed by atoms with Crippen LogP contribution >= 0.6 is 0 Å². The lowest BCUT2D eigenvalue weighted by Crippen LogP contribution is -2.06. The molecule has 0 bridgehead atoms. The second kappa shape index (κ2) is 12.8. The topological polar surface area (TPSA) is 56.7 Å². The van der Waals surface area contributed by atoms with Crippen LogP contribution in [0.1, 0.15) is 0 Å². The molecule has 0 N–H and O–H groups in total. The Balaban J connectivity index is 1.11. The van der Waals surface area contributed by atoms with Crippen LogP contribution in [0.2, 0.25) is 0 Å². The Bertz CT molecular complexity index is 3550. The lowest BCUT2D eigenvalue weighted by molar-refractivity contribution is 0.669. The fraction of sp³-hybridized carbons (Fsp3) is 0. The summed E-state index contributed by atoms with van der Waals surface area (Å²) in [6.07, 6.45) is 0. The van der Waals surface area contributed by atoms with E-state index in [4.69, 9.17) is 19.4 Å². The minimum Gasteiger partial charge on any atom is -0.456 e. The molecule has 3 heterocycles. The van der Waals surface area contributed by atoms with E-state index in [1.165, 1.54) is 21.5 Å². The molecule has 0 aliphatic carbocycles. The molecule has 9 aromatic carbocycles. The maximum absolute atomic E-state index is 6.50. The zero-order valence-corrected chi connectivity index (χ0v) is 31.2. The lowest BCUT2D eigenvalue weighted by Gasteiger charge is -2.12. The Morgan fingerprint density at radius 3 is 1.69 bits per heavy atom. The van der Waals surface area contributed by atoms with Gasteiger partial charge < -0.3 is 4.42 Å². The van der Waals surface area contributed by atoms with Gasteiger partial charge in [0.05, 0.1) is 11.0 Å². The molecular formula is C53H32N4O. The molecule has 0 unspecified atom stereocenters. The molecule has 0 saturated heterocycles. The molecule has 0 spiro atoms. The average molecular weight is 741 g/mol. The molecule has 0 fully saturated rings. The Hall–Kier alpha value is -7.89. The summed E-state index contributed by atoms with van der Waals surface area (Å²) in [4.78, 5) is 15.6. The van der Waals surface area contributed by atoms with Crippen LogP contribution in [-0.4, -0.2) is 19.5 Å². The van der Waals surface area contributed by atoms with Crippen LogP contribution in [0.5, 0.6) is 0 Å². The quantitative estimate of drug-likeness (QED) is 0.176. The summed E-state index contributed by atoms with van der Waals surface area (Å²) in [6.45, 7) is 0. The van der Waals surface area contributed by atoms with Crippen molar-refractivity contribution in [2.75, 3.05) is 0 Å². The molecule has 0 aliphatic heterocycles. The van der Waals surface area contributed by atoms with Crippen molar-refractivity contribution in [3.8, 4) is 51.0 Å². The zero-order chi connectivity index (χ0) is 38.2. The summed E-state index contributed by atoms with van der Waals surface area (Å²) in [5.74, 6) is 1.79. The smallest absolute Gasteiger partial charge is 0.238 e.